The Bertz CT molecular complexity index is 390. The minimum Gasteiger partial charge on any atom is -0.481 e. The summed E-state index contributed by atoms with van der Waals surface area (Å²) in [5, 5.41) is 28.4. The maximum absolute atomic E-state index is 11.1. The Balaban J connectivity index is 3.77. The van der Waals surface area contributed by atoms with E-state index in [0.29, 0.717) is 17.4 Å². The van der Waals surface area contributed by atoms with Gasteiger partial charge in [0.05, 0.1) is 27.6 Å². The molecule has 154 valence electrons. The molecule has 5 heteroatoms. The van der Waals surface area contributed by atoms with Gasteiger partial charge in [-0.3, -0.25) is 4.79 Å². The molecule has 1 atom stereocenters. The second-order valence-corrected chi connectivity index (χ2v) is 8.59. The van der Waals surface area contributed by atoms with E-state index in [-0.39, 0.29) is 13.0 Å². The van der Waals surface area contributed by atoms with Gasteiger partial charge < -0.3 is 19.8 Å². The fraction of sp³-hybridized carbons (Fsp3) is 0.857. The lowest BCUT2D eigenvalue weighted by Crippen LogP contribution is -2.50. The molecule has 0 bridgehead atoms. The van der Waals surface area contributed by atoms with E-state index in [1.54, 1.807) is 0 Å². The number of unbranched alkanes of at least 4 members (excludes halogenated alkanes) is 8. The number of rotatable bonds is 17. The Kier molecular flexibility index (Phi) is 13.7. The zero-order chi connectivity index (χ0) is 19.9. The molecule has 0 fully saturated rings. The van der Waals surface area contributed by atoms with Gasteiger partial charge in [0.2, 0.25) is 0 Å². The molecule has 0 aromatic rings. The van der Waals surface area contributed by atoms with Crippen molar-refractivity contribution in [2.45, 2.75) is 82.7 Å². The average Bonchev–Trinajstić information content (AvgIpc) is 2.49. The van der Waals surface area contributed by atoms with Crippen molar-refractivity contribution >= 4 is 5.97 Å². The van der Waals surface area contributed by atoms with Crippen molar-refractivity contribution in [1.82, 2.24) is 0 Å². The van der Waals surface area contributed by atoms with Crippen LogP contribution in [0.5, 0.6) is 0 Å². The third kappa shape index (κ3) is 16.6. The highest BCUT2D eigenvalue weighted by Crippen LogP contribution is 2.23. The highest BCUT2D eigenvalue weighted by Gasteiger charge is 2.35. The van der Waals surface area contributed by atoms with Crippen LogP contribution in [0.15, 0.2) is 12.2 Å². The summed E-state index contributed by atoms with van der Waals surface area (Å²) in [6.45, 7) is 0.751. The number of nitrogens with zero attached hydrogens (tertiary/aromatic N) is 1. The maximum Gasteiger partial charge on any atom is 0.306 e. The number of quaternary nitrogens is 1. The van der Waals surface area contributed by atoms with Crippen LogP contribution in [0.3, 0.4) is 0 Å². The molecule has 3 N–H and O–H groups in total. The minimum absolute atomic E-state index is 0.173. The molecule has 0 aliphatic heterocycles. The van der Waals surface area contributed by atoms with Crippen LogP contribution in [0.2, 0.25) is 0 Å². The third-order valence-corrected chi connectivity index (χ3v) is 4.46. The molecule has 26 heavy (non-hydrogen) atoms. The fourth-order valence-corrected chi connectivity index (χ4v) is 3.42. The highest BCUT2D eigenvalue weighted by molar-refractivity contribution is 5.68. The van der Waals surface area contributed by atoms with E-state index in [0.717, 1.165) is 44.9 Å². The van der Waals surface area contributed by atoms with Crippen LogP contribution in [0.1, 0.15) is 77.0 Å². The molecule has 0 aliphatic rings. The summed E-state index contributed by atoms with van der Waals surface area (Å²) in [6, 6.07) is 0. The highest BCUT2D eigenvalue weighted by atomic mass is 16.4. The molecule has 0 amide bonds. The van der Waals surface area contributed by atoms with Crippen LogP contribution in [-0.4, -0.2) is 65.7 Å². The van der Waals surface area contributed by atoms with Gasteiger partial charge in [0, 0.05) is 6.61 Å². The predicted molar refractivity (Wildman–Crippen MR) is 107 cm³/mol. The van der Waals surface area contributed by atoms with Crippen molar-refractivity contribution in [2.75, 3.05) is 34.3 Å². The summed E-state index contributed by atoms with van der Waals surface area (Å²) >= 11 is 0. The largest absolute Gasteiger partial charge is 0.481 e. The van der Waals surface area contributed by atoms with Gasteiger partial charge in [-0.15, -0.1) is 0 Å². The van der Waals surface area contributed by atoms with Crippen LogP contribution in [0.25, 0.3) is 0 Å². The van der Waals surface area contributed by atoms with E-state index in [4.69, 9.17) is 10.2 Å². The van der Waals surface area contributed by atoms with Gasteiger partial charge in [0.1, 0.15) is 12.1 Å². The first-order valence-corrected chi connectivity index (χ1v) is 10.2. The first kappa shape index (κ1) is 25.1. The van der Waals surface area contributed by atoms with E-state index in [1.807, 2.05) is 21.1 Å². The number of likely N-dealkylation sites (N-methyl/N-ethyl adjacent to an activating group) is 1. The summed E-state index contributed by atoms with van der Waals surface area (Å²) in [4.78, 5) is 11.1. The topological polar surface area (TPSA) is 77.8 Å². The Morgan fingerprint density at radius 2 is 1.38 bits per heavy atom. The standard InChI is InChI=1S/C21H41NO4/c1-22(2,3)19-21(26,18-20(24)25)16-14-12-10-8-6-4-5-7-9-11-13-15-17-23/h7,9,23,26H,4-6,8,10-19H2,1-3H3/p+1/b9-7-. The fourth-order valence-electron chi connectivity index (χ4n) is 3.42. The number of hydrogen-bond acceptors (Lipinski definition) is 3. The second kappa shape index (κ2) is 14.2. The lowest BCUT2D eigenvalue weighted by Gasteiger charge is -2.34. The minimum atomic E-state index is -1.11. The quantitative estimate of drug-likeness (QED) is 0.206. The summed E-state index contributed by atoms with van der Waals surface area (Å²) in [5.74, 6) is -0.926. The van der Waals surface area contributed by atoms with Gasteiger partial charge >= 0.3 is 5.97 Å². The van der Waals surface area contributed by atoms with Crippen LogP contribution in [0, 0.1) is 0 Å². The number of allylic oxidation sites excluding steroid dienone is 2. The monoisotopic (exact) mass is 372 g/mol. The van der Waals surface area contributed by atoms with Gasteiger partial charge in [-0.05, 0) is 38.5 Å². The number of aliphatic carboxylic acids is 1. The number of hydrogen-bond donors (Lipinski definition) is 3. The van der Waals surface area contributed by atoms with E-state index in [1.165, 1.54) is 19.3 Å². The SMILES string of the molecule is C[N+](C)(C)CC(O)(CCCCCCCC/C=C\CCCCO)CC(=O)O. The number of aliphatic hydroxyl groups excluding tert-OH is 1. The Morgan fingerprint density at radius 1 is 0.885 bits per heavy atom. The lowest BCUT2D eigenvalue weighted by atomic mass is 9.91. The molecule has 0 aliphatic carbocycles. The number of carboxylic acids is 1. The molecule has 1 unspecified atom stereocenters. The van der Waals surface area contributed by atoms with E-state index in [9.17, 15) is 9.90 Å². The molecule has 0 saturated carbocycles. The number of carbonyl (C=O) groups is 1. The molecular formula is C21H42NO4+. The van der Waals surface area contributed by atoms with Crippen LogP contribution >= 0.6 is 0 Å². The molecule has 0 radical (unpaired) electrons. The first-order chi connectivity index (χ1) is 12.2. The Labute approximate surface area is 160 Å². The van der Waals surface area contributed by atoms with Crippen molar-refractivity contribution in [3.05, 3.63) is 12.2 Å². The predicted octanol–water partition coefficient (Wildman–Crippen LogP) is 3.74. The van der Waals surface area contributed by atoms with Gasteiger partial charge in [-0.25, -0.2) is 0 Å². The molecule has 0 aromatic heterocycles. The van der Waals surface area contributed by atoms with Gasteiger partial charge in [0.15, 0.2) is 0 Å². The van der Waals surface area contributed by atoms with E-state index in [2.05, 4.69) is 12.2 Å². The smallest absolute Gasteiger partial charge is 0.306 e. The van der Waals surface area contributed by atoms with Crippen LogP contribution in [-0.2, 0) is 4.79 Å². The van der Waals surface area contributed by atoms with Crippen molar-refractivity contribution in [2.24, 2.45) is 0 Å². The molecular weight excluding hydrogens is 330 g/mol. The average molecular weight is 373 g/mol. The maximum atomic E-state index is 11.1. The summed E-state index contributed by atoms with van der Waals surface area (Å²) in [6.07, 6.45) is 15.7. The van der Waals surface area contributed by atoms with Crippen molar-refractivity contribution in [3.8, 4) is 0 Å². The zero-order valence-corrected chi connectivity index (χ0v) is 17.3. The molecule has 0 saturated heterocycles. The van der Waals surface area contributed by atoms with Crippen molar-refractivity contribution < 1.29 is 24.6 Å². The zero-order valence-electron chi connectivity index (χ0n) is 17.3. The summed E-state index contributed by atoms with van der Waals surface area (Å²) in [7, 11) is 5.94. The van der Waals surface area contributed by atoms with Gasteiger partial charge in [-0.1, -0.05) is 44.3 Å². The Morgan fingerprint density at radius 3 is 1.88 bits per heavy atom. The van der Waals surface area contributed by atoms with Crippen LogP contribution < -0.4 is 0 Å². The lowest BCUT2D eigenvalue weighted by molar-refractivity contribution is -0.877. The molecule has 0 spiro atoms. The van der Waals surface area contributed by atoms with E-state index >= 15 is 0 Å². The molecule has 5 nitrogen and oxygen atoms in total. The number of carboxylic acid groups (broad SMARTS) is 1. The summed E-state index contributed by atoms with van der Waals surface area (Å²) in [5.41, 5.74) is -1.11. The summed E-state index contributed by atoms with van der Waals surface area (Å²) < 4.78 is 0.567. The van der Waals surface area contributed by atoms with Crippen LogP contribution in [0.4, 0.5) is 0 Å². The normalized spacial score (nSPS) is 14.7. The Hall–Kier alpha value is -0.910. The molecule has 0 aromatic carbocycles. The van der Waals surface area contributed by atoms with Gasteiger partial charge in [-0.2, -0.15) is 0 Å². The van der Waals surface area contributed by atoms with E-state index < -0.39 is 11.6 Å². The van der Waals surface area contributed by atoms with Crippen molar-refractivity contribution in [1.29, 1.82) is 0 Å². The van der Waals surface area contributed by atoms with Crippen molar-refractivity contribution in [3.63, 3.8) is 0 Å². The second-order valence-electron chi connectivity index (χ2n) is 8.59. The molecule has 0 rings (SSSR count). The number of aliphatic hydroxyl groups is 2. The van der Waals surface area contributed by atoms with Gasteiger partial charge in [0.25, 0.3) is 0 Å². The first-order valence-electron chi connectivity index (χ1n) is 10.2. The third-order valence-electron chi connectivity index (χ3n) is 4.46. The molecule has 0 heterocycles.